The van der Waals surface area contributed by atoms with Crippen LogP contribution in [0.5, 0.6) is 5.75 Å². The lowest BCUT2D eigenvalue weighted by Crippen LogP contribution is -2.36. The average Bonchev–Trinajstić information content (AvgIpc) is 3.65. The molecule has 12 nitrogen and oxygen atoms in total. The first kappa shape index (κ1) is 25.0. The molecule has 226 valence electrons. The van der Waals surface area contributed by atoms with E-state index in [-0.39, 0.29) is 35.5 Å². The second kappa shape index (κ2) is 11.6. The zero-order valence-electron chi connectivity index (χ0n) is 27.2. The number of halogens is 1. The minimum atomic E-state index is -2.57. The molecular weight excluding hydrogens is 626 g/mol. The number of carbonyl (C=O) groups excluding carboxylic acids is 1. The number of morpholine rings is 1. The van der Waals surface area contributed by atoms with Gasteiger partial charge in [0.05, 0.1) is 26.0 Å². The minimum Gasteiger partial charge on any atom is -0.497 e. The van der Waals surface area contributed by atoms with Crippen LogP contribution >= 0.6 is 15.9 Å². The molecule has 2 fully saturated rings. The third-order valence-electron chi connectivity index (χ3n) is 8.08. The van der Waals surface area contributed by atoms with Crippen molar-refractivity contribution in [2.45, 2.75) is 19.9 Å². The van der Waals surface area contributed by atoms with E-state index in [0.29, 0.717) is 47.3 Å². The van der Waals surface area contributed by atoms with E-state index in [1.54, 1.807) is 48.2 Å². The van der Waals surface area contributed by atoms with Crippen molar-refractivity contribution in [1.82, 2.24) is 29.8 Å². The van der Waals surface area contributed by atoms with Gasteiger partial charge < -0.3 is 24.6 Å². The van der Waals surface area contributed by atoms with Crippen molar-refractivity contribution in [3.05, 3.63) is 58.8 Å². The minimum absolute atomic E-state index is 0.0194. The molecule has 5 heterocycles. The second-order valence-corrected chi connectivity index (χ2v) is 11.8. The number of benzene rings is 1. The number of ether oxygens (including phenoxy) is 2. The van der Waals surface area contributed by atoms with Crippen molar-refractivity contribution in [3.8, 4) is 17.1 Å². The van der Waals surface area contributed by atoms with E-state index in [1.807, 2.05) is 19.1 Å². The molecule has 1 aromatic carbocycles. The summed E-state index contributed by atoms with van der Waals surface area (Å²) >= 11 is 3.72. The molecule has 1 amide bonds. The van der Waals surface area contributed by atoms with Crippen LogP contribution in [0.25, 0.3) is 27.9 Å². The summed E-state index contributed by atoms with van der Waals surface area (Å²) in [6.45, 7) is 2.27. The van der Waals surface area contributed by atoms with Gasteiger partial charge in [-0.1, -0.05) is 19.1 Å². The lowest BCUT2D eigenvalue weighted by atomic mass is 10.1. The number of nitrogens with zero attached hydrogens (tertiary/aromatic N) is 8. The third-order valence-corrected chi connectivity index (χ3v) is 8.82. The summed E-state index contributed by atoms with van der Waals surface area (Å²) in [5, 5.41) is 16.9. The van der Waals surface area contributed by atoms with Gasteiger partial charge in [0.15, 0.2) is 23.1 Å². The molecule has 13 heteroatoms. The van der Waals surface area contributed by atoms with Crippen molar-refractivity contribution >= 4 is 55.7 Å². The number of methoxy groups -OCH3 is 1. The summed E-state index contributed by atoms with van der Waals surface area (Å²) in [6.07, 6.45) is 2.36. The highest BCUT2D eigenvalue weighted by atomic mass is 79.9. The van der Waals surface area contributed by atoms with E-state index >= 15 is 0 Å². The summed E-state index contributed by atoms with van der Waals surface area (Å²) < 4.78 is 38.4. The normalized spacial score (nSPS) is 19.3. The molecule has 0 spiro atoms. The smallest absolute Gasteiger partial charge is 0.228 e. The molecule has 44 heavy (non-hydrogen) atoms. The fourth-order valence-corrected chi connectivity index (χ4v) is 6.06. The summed E-state index contributed by atoms with van der Waals surface area (Å²) in [5.74, 6) is 1.47. The number of amides is 1. The Kier molecular flexibility index (Phi) is 6.61. The van der Waals surface area contributed by atoms with Gasteiger partial charge in [-0.25, -0.2) is 14.5 Å². The van der Waals surface area contributed by atoms with Crippen LogP contribution in [-0.2, 0) is 16.1 Å². The van der Waals surface area contributed by atoms with Crippen LogP contribution in [0, 0.1) is 11.8 Å². The molecule has 2 atom stereocenters. The Morgan fingerprint density at radius 3 is 2.73 bits per heavy atom. The molecule has 7 rings (SSSR count). The first-order valence-corrected chi connectivity index (χ1v) is 15.2. The van der Waals surface area contributed by atoms with Crippen molar-refractivity contribution in [1.29, 1.82) is 0 Å². The maximum absolute atomic E-state index is 12.8. The van der Waals surface area contributed by atoms with Gasteiger partial charge in [-0.3, -0.25) is 4.79 Å². The second-order valence-electron chi connectivity index (χ2n) is 11.0. The predicted octanol–water partition coefficient (Wildman–Crippen LogP) is 4.57. The molecular formula is C31H32BrN9O3. The summed E-state index contributed by atoms with van der Waals surface area (Å²) in [5.41, 5.74) is 3.04. The highest BCUT2D eigenvalue weighted by Crippen LogP contribution is 2.39. The molecule has 0 bridgehead atoms. The van der Waals surface area contributed by atoms with E-state index in [4.69, 9.17) is 23.7 Å². The maximum Gasteiger partial charge on any atom is 0.228 e. The van der Waals surface area contributed by atoms with Gasteiger partial charge in [-0.2, -0.15) is 0 Å². The van der Waals surface area contributed by atoms with Crippen molar-refractivity contribution in [2.24, 2.45) is 11.8 Å². The fraction of sp³-hybridized carbons (Fsp3) is 0.355. The highest BCUT2D eigenvalue weighted by molar-refractivity contribution is 9.10. The van der Waals surface area contributed by atoms with Gasteiger partial charge in [0.25, 0.3) is 0 Å². The maximum atomic E-state index is 12.8. The van der Waals surface area contributed by atoms with Crippen LogP contribution in [0.4, 0.5) is 17.3 Å². The first-order valence-electron chi connectivity index (χ1n) is 15.9. The topological polar surface area (TPSA) is 123 Å². The van der Waals surface area contributed by atoms with Crippen LogP contribution in [0.15, 0.2) is 53.3 Å². The van der Waals surface area contributed by atoms with Gasteiger partial charge >= 0.3 is 0 Å². The lowest BCUT2D eigenvalue weighted by Gasteiger charge is -2.29. The van der Waals surface area contributed by atoms with Gasteiger partial charge in [-0.15, -0.1) is 15.3 Å². The lowest BCUT2D eigenvalue weighted by molar-refractivity contribution is -0.117. The Hall–Kier alpha value is -4.36. The standard InChI is InChI=1S/C31H32BrN9O3/c1-18-14-21(18)31(42)34-25-15-22-23(29-35-26-9-8-24(28(32)41(26)38-29)40-10-12-44-13-11-40)16-33-30(27(22)37-36-25)39(2)17-19-4-6-20(43-3)7-5-19/h4-9,15-16,18,21H,10-14,17H2,1-3H3,(H,34,36,42)/t18-,21+/m1/s1/i2D3. The van der Waals surface area contributed by atoms with E-state index < -0.39 is 6.98 Å². The number of hydrogen-bond donors (Lipinski definition) is 1. The quantitative estimate of drug-likeness (QED) is 0.237. The van der Waals surface area contributed by atoms with E-state index in [9.17, 15) is 4.79 Å². The fourth-order valence-electron chi connectivity index (χ4n) is 5.41. The number of aromatic nitrogens is 6. The number of carbonyl (C=O) groups is 1. The van der Waals surface area contributed by atoms with Gasteiger partial charge in [0.1, 0.15) is 15.9 Å². The predicted molar refractivity (Wildman–Crippen MR) is 171 cm³/mol. The summed E-state index contributed by atoms with van der Waals surface area (Å²) in [4.78, 5) is 25.7. The SMILES string of the molecule is [2H]C([2H])([2H])N(Cc1ccc(OC)cc1)c1ncc(-c2nc3ccc(N4CCOCC4)c(Br)n3n2)c2cc(NC(=O)[C@H]3C[C@H]3C)nnc12. The Morgan fingerprint density at radius 2 is 2.00 bits per heavy atom. The molecule has 0 unspecified atom stereocenters. The Morgan fingerprint density at radius 1 is 1.20 bits per heavy atom. The van der Waals surface area contributed by atoms with E-state index in [1.165, 1.54) is 4.90 Å². The van der Waals surface area contributed by atoms with Crippen LogP contribution in [0.2, 0.25) is 0 Å². The van der Waals surface area contributed by atoms with E-state index in [0.717, 1.165) is 35.4 Å². The van der Waals surface area contributed by atoms with Crippen LogP contribution < -0.4 is 19.9 Å². The molecule has 4 aromatic heterocycles. The molecule has 1 aliphatic carbocycles. The number of hydrogen-bond acceptors (Lipinski definition) is 10. The number of rotatable bonds is 8. The molecule has 1 aliphatic heterocycles. The van der Waals surface area contributed by atoms with Crippen LogP contribution in [-0.4, -0.2) is 76.1 Å². The number of fused-ring (bicyclic) bond motifs is 2. The number of pyridine rings is 2. The third kappa shape index (κ3) is 5.41. The largest absolute Gasteiger partial charge is 0.497 e. The van der Waals surface area contributed by atoms with Crippen molar-refractivity contribution in [3.63, 3.8) is 0 Å². The molecule has 1 saturated carbocycles. The zero-order chi connectivity index (χ0) is 32.9. The van der Waals surface area contributed by atoms with Crippen LogP contribution in [0.1, 0.15) is 23.0 Å². The van der Waals surface area contributed by atoms with Gasteiger partial charge in [0.2, 0.25) is 5.91 Å². The summed E-state index contributed by atoms with van der Waals surface area (Å²) in [6, 6.07) is 12.7. The Bertz CT molecular complexity index is 1970. The first-order chi connectivity index (χ1) is 22.6. The molecule has 5 aromatic rings. The molecule has 1 saturated heterocycles. The van der Waals surface area contributed by atoms with Crippen molar-refractivity contribution in [2.75, 3.05) is 55.5 Å². The number of nitrogens with one attached hydrogen (secondary N) is 1. The van der Waals surface area contributed by atoms with Gasteiger partial charge in [-0.05, 0) is 64.2 Å². The molecule has 0 radical (unpaired) electrons. The average molecular weight is 662 g/mol. The Labute approximate surface area is 266 Å². The highest BCUT2D eigenvalue weighted by Gasteiger charge is 2.39. The van der Waals surface area contributed by atoms with Gasteiger partial charge in [0, 0.05) is 53.8 Å². The molecule has 1 N–H and O–H groups in total. The zero-order valence-corrected chi connectivity index (χ0v) is 25.8. The molecule has 2 aliphatic rings. The monoisotopic (exact) mass is 660 g/mol. The van der Waals surface area contributed by atoms with E-state index in [2.05, 4.69) is 41.3 Å². The summed E-state index contributed by atoms with van der Waals surface area (Å²) in [7, 11) is 1.57. The van der Waals surface area contributed by atoms with Crippen LogP contribution in [0.3, 0.4) is 0 Å². The number of anilines is 3. The van der Waals surface area contributed by atoms with Crippen molar-refractivity contribution < 1.29 is 18.4 Å². The Balaban J connectivity index is 1.34.